The number of H-pyrrole nitrogens is 1. The van der Waals surface area contributed by atoms with Crippen molar-refractivity contribution in [2.45, 2.75) is 63.4 Å². The molecular weight excluding hydrogens is 437 g/mol. The van der Waals surface area contributed by atoms with Crippen LogP contribution in [-0.4, -0.2) is 50.2 Å². The smallest absolute Gasteiger partial charge is 0.337 e. The molecule has 3 heterocycles. The Morgan fingerprint density at radius 3 is 2.59 bits per heavy atom. The molecule has 5 nitrogen and oxygen atoms in total. The lowest BCUT2D eigenvalue weighted by Gasteiger charge is -2.33. The first-order valence-corrected chi connectivity index (χ1v) is 12.0. The lowest BCUT2D eigenvalue weighted by atomic mass is 9.86. The second-order valence-electron chi connectivity index (χ2n) is 8.80. The largest absolute Gasteiger partial charge is 0.416 e. The molecule has 0 atom stereocenters. The van der Waals surface area contributed by atoms with Gasteiger partial charge in [0.05, 0.1) is 5.56 Å². The fraction of sp³-hybridized carbons (Fsp3) is 0.565. The van der Waals surface area contributed by atoms with Crippen LogP contribution in [0, 0.1) is 0 Å². The number of fused-ring (bicyclic) bond motifs is 1. The Balaban J connectivity index is 1.46. The summed E-state index contributed by atoms with van der Waals surface area (Å²) < 4.78 is 42.5. The van der Waals surface area contributed by atoms with Gasteiger partial charge in [-0.05, 0) is 43.2 Å². The number of piperidine rings is 1. The van der Waals surface area contributed by atoms with E-state index in [9.17, 15) is 18.0 Å². The van der Waals surface area contributed by atoms with Crippen molar-refractivity contribution in [1.82, 2.24) is 19.4 Å². The molecule has 2 aromatic rings. The number of likely N-dealkylation sites (tertiary alicyclic amines) is 1. The number of carbonyl (C=O) groups is 1. The zero-order chi connectivity index (χ0) is 22.9. The summed E-state index contributed by atoms with van der Waals surface area (Å²) >= 11 is 1.79. The van der Waals surface area contributed by atoms with E-state index in [4.69, 9.17) is 0 Å². The van der Waals surface area contributed by atoms with Gasteiger partial charge < -0.3 is 4.90 Å². The molecule has 1 fully saturated rings. The average molecular weight is 467 g/mol. The maximum atomic E-state index is 13.4. The summed E-state index contributed by atoms with van der Waals surface area (Å²) in [4.78, 5) is 15.0. The van der Waals surface area contributed by atoms with Crippen LogP contribution in [0.2, 0.25) is 0 Å². The quantitative estimate of drug-likeness (QED) is 0.625. The zero-order valence-electron chi connectivity index (χ0n) is 18.4. The van der Waals surface area contributed by atoms with Crippen LogP contribution in [0.4, 0.5) is 13.2 Å². The molecule has 32 heavy (non-hydrogen) atoms. The Morgan fingerprint density at radius 2 is 1.91 bits per heavy atom. The van der Waals surface area contributed by atoms with Crippen LogP contribution in [0.15, 0.2) is 24.3 Å². The molecule has 1 N–H and O–H groups in total. The van der Waals surface area contributed by atoms with Crippen LogP contribution in [0.3, 0.4) is 0 Å². The van der Waals surface area contributed by atoms with Gasteiger partial charge >= 0.3 is 6.18 Å². The molecule has 0 radical (unpaired) electrons. The van der Waals surface area contributed by atoms with Crippen molar-refractivity contribution in [3.63, 3.8) is 0 Å². The van der Waals surface area contributed by atoms with Crippen LogP contribution >= 0.6 is 11.9 Å². The van der Waals surface area contributed by atoms with Crippen molar-refractivity contribution in [2.24, 2.45) is 0 Å². The van der Waals surface area contributed by atoms with Gasteiger partial charge in [0, 0.05) is 42.7 Å². The predicted octanol–water partition coefficient (Wildman–Crippen LogP) is 5.25. The second kappa shape index (κ2) is 9.47. The zero-order valence-corrected chi connectivity index (χ0v) is 19.2. The van der Waals surface area contributed by atoms with Gasteiger partial charge in [-0.15, -0.1) is 0 Å². The molecule has 0 spiro atoms. The van der Waals surface area contributed by atoms with Crippen LogP contribution in [0.5, 0.6) is 0 Å². The van der Waals surface area contributed by atoms with Gasteiger partial charge in [-0.2, -0.15) is 18.3 Å². The lowest BCUT2D eigenvalue weighted by Crippen LogP contribution is -2.39. The molecule has 1 saturated heterocycles. The number of aromatic amines is 1. The highest BCUT2D eigenvalue weighted by Gasteiger charge is 2.36. The van der Waals surface area contributed by atoms with Gasteiger partial charge in [0.25, 0.3) is 5.91 Å². The minimum Gasteiger partial charge on any atom is -0.337 e. The number of halogens is 3. The number of nitrogens with zero attached hydrogens (tertiary/aromatic N) is 3. The Bertz CT molecular complexity index is 951. The van der Waals surface area contributed by atoms with Gasteiger partial charge in [-0.3, -0.25) is 9.89 Å². The molecule has 0 saturated carbocycles. The first kappa shape index (κ1) is 23.2. The number of nitrogens with one attached hydrogen (secondary N) is 1. The van der Waals surface area contributed by atoms with Crippen molar-refractivity contribution in [1.29, 1.82) is 0 Å². The minimum atomic E-state index is -4.37. The normalized spacial score (nSPS) is 18.6. The highest BCUT2D eigenvalue weighted by Crippen LogP contribution is 2.39. The van der Waals surface area contributed by atoms with Crippen molar-refractivity contribution < 1.29 is 18.0 Å². The van der Waals surface area contributed by atoms with E-state index in [1.165, 1.54) is 6.07 Å². The number of hydrogen-bond donors (Lipinski definition) is 1. The standard InChI is InChI=1S/C23H29F3N4OS/c1-15(2)32-30-11-5-8-20-18(14-30)21(28-27-20)22(31)29-12-9-16(10-13-29)17-6-3-4-7-19(17)23(24,25)26/h3-4,6-7,15-16H,5,8-14H2,1-2H3,(H,27,28). The summed E-state index contributed by atoms with van der Waals surface area (Å²) in [6, 6.07) is 5.80. The van der Waals surface area contributed by atoms with Crippen molar-refractivity contribution in [3.05, 3.63) is 52.3 Å². The van der Waals surface area contributed by atoms with E-state index in [-0.39, 0.29) is 11.8 Å². The monoisotopic (exact) mass is 466 g/mol. The number of rotatable bonds is 4. The van der Waals surface area contributed by atoms with Crippen LogP contribution in [0.1, 0.15) is 71.9 Å². The molecular formula is C23H29F3N4OS. The summed E-state index contributed by atoms with van der Waals surface area (Å²) in [7, 11) is 0. The minimum absolute atomic E-state index is 0.124. The van der Waals surface area contributed by atoms with E-state index in [0.717, 1.165) is 36.7 Å². The van der Waals surface area contributed by atoms with E-state index in [0.29, 0.717) is 49.0 Å². The number of carbonyl (C=O) groups excluding carboxylic acids is 1. The first-order chi connectivity index (χ1) is 15.2. The Morgan fingerprint density at radius 1 is 1.19 bits per heavy atom. The summed E-state index contributed by atoms with van der Waals surface area (Å²) in [6.45, 7) is 6.80. The fourth-order valence-electron chi connectivity index (χ4n) is 4.69. The third-order valence-electron chi connectivity index (χ3n) is 6.17. The van der Waals surface area contributed by atoms with E-state index < -0.39 is 11.7 Å². The van der Waals surface area contributed by atoms with Gasteiger partial charge in [-0.25, -0.2) is 4.31 Å². The number of aryl methyl sites for hydroxylation is 1. The fourth-order valence-corrected chi connectivity index (χ4v) is 5.72. The maximum Gasteiger partial charge on any atom is 0.416 e. The third-order valence-corrected chi connectivity index (χ3v) is 7.20. The lowest BCUT2D eigenvalue weighted by molar-refractivity contribution is -0.138. The molecule has 0 bridgehead atoms. The molecule has 2 aliphatic rings. The average Bonchev–Trinajstić information content (AvgIpc) is 3.04. The maximum absolute atomic E-state index is 13.4. The predicted molar refractivity (Wildman–Crippen MR) is 119 cm³/mol. The summed E-state index contributed by atoms with van der Waals surface area (Å²) in [6.07, 6.45) is -1.47. The highest BCUT2D eigenvalue weighted by molar-refractivity contribution is 7.97. The van der Waals surface area contributed by atoms with E-state index in [2.05, 4.69) is 28.4 Å². The second-order valence-corrected chi connectivity index (χ2v) is 10.5. The molecule has 2 aliphatic heterocycles. The van der Waals surface area contributed by atoms with E-state index in [1.54, 1.807) is 29.0 Å². The van der Waals surface area contributed by atoms with Crippen LogP contribution in [-0.2, 0) is 19.1 Å². The Kier molecular flexibility index (Phi) is 6.86. The molecule has 1 aromatic carbocycles. The molecule has 1 amide bonds. The van der Waals surface area contributed by atoms with E-state index >= 15 is 0 Å². The number of amides is 1. The molecule has 0 unspecified atom stereocenters. The van der Waals surface area contributed by atoms with Crippen LogP contribution in [0.25, 0.3) is 0 Å². The van der Waals surface area contributed by atoms with Gasteiger partial charge in [0.1, 0.15) is 0 Å². The number of alkyl halides is 3. The van der Waals surface area contributed by atoms with Crippen LogP contribution < -0.4 is 0 Å². The Labute approximate surface area is 190 Å². The van der Waals surface area contributed by atoms with Gasteiger partial charge in [-0.1, -0.05) is 44.0 Å². The van der Waals surface area contributed by atoms with E-state index in [1.807, 2.05) is 0 Å². The molecule has 1 aromatic heterocycles. The van der Waals surface area contributed by atoms with Gasteiger partial charge in [0.15, 0.2) is 5.69 Å². The number of hydrogen-bond acceptors (Lipinski definition) is 4. The first-order valence-electron chi connectivity index (χ1n) is 11.2. The SMILES string of the molecule is CC(C)SN1CCCc2[nH]nc(C(=O)N3CCC(c4ccccc4C(F)(F)F)CC3)c2C1. The number of benzene rings is 1. The summed E-state index contributed by atoms with van der Waals surface area (Å²) in [5, 5.41) is 7.87. The van der Waals surface area contributed by atoms with Crippen molar-refractivity contribution in [2.75, 3.05) is 19.6 Å². The van der Waals surface area contributed by atoms with Crippen molar-refractivity contribution >= 4 is 17.9 Å². The summed E-state index contributed by atoms with van der Waals surface area (Å²) in [5.74, 6) is -0.326. The molecule has 0 aliphatic carbocycles. The molecule has 174 valence electrons. The van der Waals surface area contributed by atoms with Crippen molar-refractivity contribution in [3.8, 4) is 0 Å². The molecule has 4 rings (SSSR count). The summed E-state index contributed by atoms with van der Waals surface area (Å²) in [5.41, 5.74) is 2.22. The molecule has 9 heteroatoms. The Hall–Kier alpha value is -2.00. The number of aromatic nitrogens is 2. The van der Waals surface area contributed by atoms with Gasteiger partial charge in [0.2, 0.25) is 0 Å². The topological polar surface area (TPSA) is 52.2 Å². The third kappa shape index (κ3) is 4.98. The highest BCUT2D eigenvalue weighted by atomic mass is 32.2.